The minimum Gasteiger partial charge on any atom is -0.498 e. The summed E-state index contributed by atoms with van der Waals surface area (Å²) in [5.74, 6) is 0.350. The van der Waals surface area contributed by atoms with Crippen LogP contribution in [-0.4, -0.2) is 50.8 Å². The highest BCUT2D eigenvalue weighted by molar-refractivity contribution is 14.1. The molecular weight excluding hydrogens is 760 g/mol. The summed E-state index contributed by atoms with van der Waals surface area (Å²) in [4.78, 5) is 29.4. The molecule has 0 aliphatic carbocycles. The lowest BCUT2D eigenvalue weighted by Gasteiger charge is -2.34. The molecule has 2 atom stereocenters. The number of hydrogen-bond donors (Lipinski definition) is 0. The van der Waals surface area contributed by atoms with E-state index in [1.165, 1.54) is 44.9 Å². The van der Waals surface area contributed by atoms with Gasteiger partial charge in [0.05, 0.1) is 30.4 Å². The Bertz CT molecular complexity index is 1680. The molecule has 2 aromatic carbocycles. The highest BCUT2D eigenvalue weighted by Gasteiger charge is 2.59. The molecule has 5 rings (SSSR count). The third-order valence-electron chi connectivity index (χ3n) is 9.53. The van der Waals surface area contributed by atoms with Gasteiger partial charge in [0.2, 0.25) is 0 Å². The van der Waals surface area contributed by atoms with Crippen molar-refractivity contribution >= 4 is 63.1 Å². The van der Waals surface area contributed by atoms with E-state index >= 15 is 0 Å². The van der Waals surface area contributed by atoms with Crippen LogP contribution in [0.5, 0.6) is 0 Å². The van der Waals surface area contributed by atoms with Gasteiger partial charge in [-0.2, -0.15) is 5.26 Å². The number of methoxy groups -OCH3 is 1. The van der Waals surface area contributed by atoms with Gasteiger partial charge in [-0.25, -0.2) is 4.68 Å². The van der Waals surface area contributed by atoms with E-state index in [1.807, 2.05) is 17.0 Å². The molecule has 8 nitrogen and oxygen atoms in total. The average Bonchev–Trinajstić information content (AvgIpc) is 3.70. The van der Waals surface area contributed by atoms with Crippen LogP contribution in [0.4, 0.5) is 0 Å². The molecule has 1 aromatic heterocycles. The fourth-order valence-corrected chi connectivity index (χ4v) is 8.60. The van der Waals surface area contributed by atoms with Gasteiger partial charge in [0.1, 0.15) is 15.0 Å². The normalized spacial score (nSPS) is 18.8. The minimum absolute atomic E-state index is 0.00434. The van der Waals surface area contributed by atoms with Gasteiger partial charge >= 0.3 is 0 Å². The Balaban J connectivity index is 1.34. The number of carbonyl (C=O) groups is 2. The van der Waals surface area contributed by atoms with Crippen LogP contribution in [0.1, 0.15) is 117 Å². The van der Waals surface area contributed by atoms with E-state index < -0.39 is 5.54 Å². The monoisotopic (exact) mass is 801 g/mol. The number of halogens is 3. The molecule has 0 spiro atoms. The largest absolute Gasteiger partial charge is 0.498 e. The van der Waals surface area contributed by atoms with Gasteiger partial charge in [0.25, 0.3) is 5.91 Å². The molecule has 3 heterocycles. The van der Waals surface area contributed by atoms with Crippen molar-refractivity contribution in [3.8, 4) is 6.07 Å². The first-order valence-electron chi connectivity index (χ1n) is 16.9. The molecule has 1 fully saturated rings. The van der Waals surface area contributed by atoms with Crippen LogP contribution in [0.15, 0.2) is 48.2 Å². The SMILES string of the molecule is CCCCCCCCCCCCC(=O)c1nnn(C2CN3C(=O)C(c4cc(Cl)cc(Cl)c4)=C(OC)C3(Cc3ccc(C#N)cc3)C2)c1I. The molecule has 0 radical (unpaired) electrons. The first-order chi connectivity index (χ1) is 23.2. The number of Topliss-reactive ketones (excluding diaryl/α,β-unsaturated/α-hetero) is 1. The van der Waals surface area contributed by atoms with Crippen molar-refractivity contribution in [2.24, 2.45) is 0 Å². The topological polar surface area (TPSA) is 101 Å². The van der Waals surface area contributed by atoms with Gasteiger partial charge < -0.3 is 9.64 Å². The van der Waals surface area contributed by atoms with Crippen LogP contribution in [0.25, 0.3) is 5.57 Å². The molecule has 3 aromatic rings. The molecule has 11 heteroatoms. The summed E-state index contributed by atoms with van der Waals surface area (Å²) in [5, 5.41) is 19.0. The van der Waals surface area contributed by atoms with Gasteiger partial charge in [-0.3, -0.25) is 9.59 Å². The number of hydrogen-bond acceptors (Lipinski definition) is 6. The number of nitrogens with zero attached hydrogens (tertiary/aromatic N) is 5. The average molecular weight is 803 g/mol. The van der Waals surface area contributed by atoms with Crippen LogP contribution < -0.4 is 0 Å². The number of ketones is 1. The van der Waals surface area contributed by atoms with Gasteiger partial charge in [-0.05, 0) is 70.5 Å². The van der Waals surface area contributed by atoms with E-state index in [1.54, 1.807) is 42.1 Å². The zero-order valence-electron chi connectivity index (χ0n) is 27.6. The lowest BCUT2D eigenvalue weighted by atomic mass is 9.85. The van der Waals surface area contributed by atoms with Crippen LogP contribution >= 0.6 is 45.8 Å². The first kappa shape index (κ1) is 36.3. The Morgan fingerprint density at radius 2 is 1.65 bits per heavy atom. The van der Waals surface area contributed by atoms with Crippen LogP contribution in [-0.2, 0) is 16.0 Å². The molecule has 0 bridgehead atoms. The van der Waals surface area contributed by atoms with E-state index in [4.69, 9.17) is 27.9 Å². The lowest BCUT2D eigenvalue weighted by molar-refractivity contribution is -0.126. The Labute approximate surface area is 306 Å². The van der Waals surface area contributed by atoms with Crippen LogP contribution in [0, 0.1) is 15.0 Å². The summed E-state index contributed by atoms with van der Waals surface area (Å²) in [5.41, 5.74) is 2.08. The second kappa shape index (κ2) is 16.6. The van der Waals surface area contributed by atoms with Gasteiger partial charge in [0.15, 0.2) is 11.5 Å². The van der Waals surface area contributed by atoms with E-state index in [9.17, 15) is 14.9 Å². The zero-order chi connectivity index (χ0) is 34.3. The Kier molecular flexibility index (Phi) is 12.6. The molecule has 1 amide bonds. The molecule has 2 aliphatic rings. The van der Waals surface area contributed by atoms with Gasteiger partial charge in [0, 0.05) is 35.9 Å². The van der Waals surface area contributed by atoms with Crippen molar-refractivity contribution in [3.63, 3.8) is 0 Å². The second-order valence-electron chi connectivity index (χ2n) is 12.9. The second-order valence-corrected chi connectivity index (χ2v) is 14.8. The highest BCUT2D eigenvalue weighted by Crippen LogP contribution is 2.52. The molecule has 0 saturated carbocycles. The Morgan fingerprint density at radius 1 is 1.02 bits per heavy atom. The molecule has 2 unspecified atom stereocenters. The number of rotatable bonds is 17. The Morgan fingerprint density at radius 3 is 2.25 bits per heavy atom. The fourth-order valence-electron chi connectivity index (χ4n) is 7.18. The van der Waals surface area contributed by atoms with E-state index in [2.05, 4.69) is 45.9 Å². The van der Waals surface area contributed by atoms with Crippen molar-refractivity contribution in [1.82, 2.24) is 19.9 Å². The summed E-state index contributed by atoms with van der Waals surface area (Å²) in [6.45, 7) is 2.59. The van der Waals surface area contributed by atoms with Crippen LogP contribution in [0.3, 0.4) is 0 Å². The van der Waals surface area contributed by atoms with E-state index in [0.29, 0.717) is 67.7 Å². The van der Waals surface area contributed by atoms with Crippen molar-refractivity contribution in [1.29, 1.82) is 5.26 Å². The number of fused-ring (bicyclic) bond motifs is 1. The molecule has 0 N–H and O–H groups in total. The first-order valence-corrected chi connectivity index (χ1v) is 18.8. The minimum atomic E-state index is -0.843. The maximum absolute atomic E-state index is 14.3. The highest BCUT2D eigenvalue weighted by atomic mass is 127. The third kappa shape index (κ3) is 7.92. The predicted octanol–water partition coefficient (Wildman–Crippen LogP) is 9.38. The fraction of sp³-hybridized carbons (Fsp3) is 0.486. The molecule has 1 saturated heterocycles. The number of amides is 1. The maximum atomic E-state index is 14.3. The number of benzene rings is 2. The Hall–Kier alpha value is -2.94. The van der Waals surface area contributed by atoms with Gasteiger partial charge in [-0.15, -0.1) is 5.10 Å². The third-order valence-corrected chi connectivity index (χ3v) is 11.0. The smallest absolute Gasteiger partial charge is 0.258 e. The van der Waals surface area contributed by atoms with Crippen LogP contribution in [0.2, 0.25) is 10.0 Å². The number of nitriles is 1. The summed E-state index contributed by atoms with van der Waals surface area (Å²) in [6.07, 6.45) is 13.5. The maximum Gasteiger partial charge on any atom is 0.258 e. The number of unbranched alkanes of at least 4 members (excludes halogenated alkanes) is 9. The summed E-state index contributed by atoms with van der Waals surface area (Å²) < 4.78 is 8.57. The number of ether oxygens (including phenoxy) is 1. The zero-order valence-corrected chi connectivity index (χ0v) is 31.3. The van der Waals surface area contributed by atoms with Crippen molar-refractivity contribution in [2.45, 2.75) is 102 Å². The van der Waals surface area contributed by atoms with Crippen molar-refractivity contribution in [2.75, 3.05) is 13.7 Å². The van der Waals surface area contributed by atoms with Crippen molar-refractivity contribution in [3.05, 3.63) is 84.4 Å². The summed E-state index contributed by atoms with van der Waals surface area (Å²) in [7, 11) is 1.58. The lowest BCUT2D eigenvalue weighted by Crippen LogP contribution is -2.45. The number of aromatic nitrogens is 3. The molecular formula is C37H42Cl2IN5O3. The summed E-state index contributed by atoms with van der Waals surface area (Å²) in [6, 6.07) is 14.4. The molecule has 48 heavy (non-hydrogen) atoms. The van der Waals surface area contributed by atoms with E-state index in [-0.39, 0.29) is 17.7 Å². The van der Waals surface area contributed by atoms with E-state index in [0.717, 1.165) is 24.8 Å². The summed E-state index contributed by atoms with van der Waals surface area (Å²) >= 11 is 14.9. The predicted molar refractivity (Wildman–Crippen MR) is 197 cm³/mol. The molecule has 2 aliphatic heterocycles. The molecule has 254 valence electrons. The van der Waals surface area contributed by atoms with Gasteiger partial charge in [-0.1, -0.05) is 105 Å². The quantitative estimate of drug-likeness (QED) is 0.0767. The number of carbonyl (C=O) groups excluding carboxylic acids is 2. The standard InChI is InChI=1S/C37H42Cl2IN5O3/c1-3-4-5-6-7-8-9-10-11-12-13-31(46)33-35(40)45(43-42-33)30-22-37(21-25-14-16-26(23-41)17-15-25)34(48-2)32(36(47)44(37)24-30)27-18-28(38)20-29(39)19-27/h14-20,30H,3-13,21-22,24H2,1-2H3. The van der Waals surface area contributed by atoms with Crippen molar-refractivity contribution < 1.29 is 14.3 Å².